The van der Waals surface area contributed by atoms with Crippen molar-refractivity contribution in [1.29, 1.82) is 0 Å². The number of carboxylic acids is 1. The van der Waals surface area contributed by atoms with Crippen LogP contribution in [0.1, 0.15) is 36.8 Å². The summed E-state index contributed by atoms with van der Waals surface area (Å²) in [6, 6.07) is 3.90. The van der Waals surface area contributed by atoms with Crippen molar-refractivity contribution in [2.75, 3.05) is 6.54 Å². The van der Waals surface area contributed by atoms with Crippen LogP contribution in [-0.4, -0.2) is 17.6 Å². The lowest BCUT2D eigenvalue weighted by Gasteiger charge is -2.26. The molecule has 2 aliphatic rings. The van der Waals surface area contributed by atoms with Crippen LogP contribution in [0, 0.1) is 30.6 Å². The van der Waals surface area contributed by atoms with Crippen molar-refractivity contribution in [3.63, 3.8) is 0 Å². The number of fused-ring (bicyclic) bond motifs is 2. The monoisotopic (exact) mass is 407 g/mol. The summed E-state index contributed by atoms with van der Waals surface area (Å²) in [4.78, 5) is 10.6. The number of benzene rings is 1. The molecule has 27 heavy (non-hydrogen) atoms. The molecule has 1 aromatic carbocycles. The first-order chi connectivity index (χ1) is 13.0. The zero-order valence-electron chi connectivity index (χ0n) is 15.6. The molecule has 1 aromatic rings. The Morgan fingerprint density at radius 1 is 1.26 bits per heavy atom. The van der Waals surface area contributed by atoms with Gasteiger partial charge in [0.1, 0.15) is 0 Å². The standard InChI is InChI=1S/C22H27Cl2NO2/c1-14-9-20(23)19(21(24)10-14)13-25-12-18-16-8-7-15(11-16)17(18)5-3-2-4-6-22(26)27/h3,5,7-10,15-18,25H,2,4,6,11-13H2,1H3,(H,26,27)/b5-3-/t15-,16+,17-,18-/m0/s1. The van der Waals surface area contributed by atoms with Gasteiger partial charge in [-0.2, -0.15) is 0 Å². The van der Waals surface area contributed by atoms with Gasteiger partial charge in [0.05, 0.1) is 0 Å². The van der Waals surface area contributed by atoms with E-state index in [1.54, 1.807) is 0 Å². The van der Waals surface area contributed by atoms with Gasteiger partial charge in [-0.1, -0.05) is 47.5 Å². The summed E-state index contributed by atoms with van der Waals surface area (Å²) < 4.78 is 0. The molecule has 0 saturated heterocycles. The maximum atomic E-state index is 10.6. The van der Waals surface area contributed by atoms with Crippen LogP contribution in [0.5, 0.6) is 0 Å². The predicted molar refractivity (Wildman–Crippen MR) is 111 cm³/mol. The number of aliphatic carboxylic acids is 1. The predicted octanol–water partition coefficient (Wildman–Crippen LogP) is 5.64. The van der Waals surface area contributed by atoms with Crippen LogP contribution in [0.25, 0.3) is 0 Å². The number of halogens is 2. The third kappa shape index (κ3) is 5.16. The summed E-state index contributed by atoms with van der Waals surface area (Å²) in [6.07, 6.45) is 12.2. The molecule has 1 saturated carbocycles. The molecule has 0 radical (unpaired) electrons. The van der Waals surface area contributed by atoms with Crippen LogP contribution in [0.15, 0.2) is 36.4 Å². The van der Waals surface area contributed by atoms with Crippen molar-refractivity contribution in [2.24, 2.45) is 23.7 Å². The van der Waals surface area contributed by atoms with Gasteiger partial charge in [-0.05, 0) is 74.1 Å². The minimum absolute atomic E-state index is 0.240. The number of allylic oxidation sites excluding steroid dienone is 4. The Kier molecular flexibility index (Phi) is 7.02. The van der Waals surface area contributed by atoms with E-state index in [0.29, 0.717) is 36.6 Å². The first kappa shape index (κ1) is 20.4. The SMILES string of the molecule is Cc1cc(Cl)c(CNC[C@@H]2[C@@H](/C=C\CCCC(=O)O)[C@H]3C=C[C@@H]2C3)c(Cl)c1. The van der Waals surface area contributed by atoms with E-state index in [1.165, 1.54) is 6.42 Å². The third-order valence-corrected chi connectivity index (χ3v) is 6.45. The van der Waals surface area contributed by atoms with E-state index in [0.717, 1.165) is 34.1 Å². The number of hydrogen-bond donors (Lipinski definition) is 2. The first-order valence-electron chi connectivity index (χ1n) is 9.67. The molecule has 0 unspecified atom stereocenters. The van der Waals surface area contributed by atoms with Gasteiger partial charge in [0.15, 0.2) is 0 Å². The fourth-order valence-corrected chi connectivity index (χ4v) is 5.15. The Hall–Kier alpha value is -1.29. The molecule has 3 nitrogen and oxygen atoms in total. The second-order valence-electron chi connectivity index (χ2n) is 7.74. The van der Waals surface area contributed by atoms with E-state index in [9.17, 15) is 4.79 Å². The van der Waals surface area contributed by atoms with Gasteiger partial charge in [0, 0.05) is 28.6 Å². The van der Waals surface area contributed by atoms with Crippen molar-refractivity contribution in [1.82, 2.24) is 5.32 Å². The fraction of sp³-hybridized carbons (Fsp3) is 0.500. The van der Waals surface area contributed by atoms with E-state index in [4.69, 9.17) is 28.3 Å². The number of aryl methyl sites for hydroxylation is 1. The molecule has 0 aromatic heterocycles. The maximum absolute atomic E-state index is 10.6. The molecule has 2 N–H and O–H groups in total. The minimum Gasteiger partial charge on any atom is -0.481 e. The van der Waals surface area contributed by atoms with Gasteiger partial charge < -0.3 is 10.4 Å². The van der Waals surface area contributed by atoms with E-state index < -0.39 is 5.97 Å². The lowest BCUT2D eigenvalue weighted by Crippen LogP contribution is -2.30. The zero-order valence-corrected chi connectivity index (χ0v) is 17.1. The number of carboxylic acid groups (broad SMARTS) is 1. The summed E-state index contributed by atoms with van der Waals surface area (Å²) in [7, 11) is 0. The van der Waals surface area contributed by atoms with Gasteiger partial charge in [-0.3, -0.25) is 4.79 Å². The van der Waals surface area contributed by atoms with Gasteiger partial charge in [0.2, 0.25) is 0 Å². The second kappa shape index (κ2) is 9.27. The molecule has 146 valence electrons. The molecule has 3 rings (SSSR count). The van der Waals surface area contributed by atoms with Crippen LogP contribution in [0.3, 0.4) is 0 Å². The maximum Gasteiger partial charge on any atom is 0.303 e. The highest BCUT2D eigenvalue weighted by atomic mass is 35.5. The van der Waals surface area contributed by atoms with Gasteiger partial charge in [0.25, 0.3) is 0 Å². The van der Waals surface area contributed by atoms with Crippen molar-refractivity contribution in [3.8, 4) is 0 Å². The van der Waals surface area contributed by atoms with E-state index in [-0.39, 0.29) is 6.42 Å². The molecule has 2 bridgehead atoms. The third-order valence-electron chi connectivity index (χ3n) is 5.78. The number of rotatable bonds is 9. The minimum atomic E-state index is -0.721. The number of carbonyl (C=O) groups is 1. The molecule has 0 amide bonds. The molecule has 4 atom stereocenters. The summed E-state index contributed by atoms with van der Waals surface area (Å²) >= 11 is 12.7. The highest BCUT2D eigenvalue weighted by molar-refractivity contribution is 6.36. The largest absolute Gasteiger partial charge is 0.481 e. The van der Waals surface area contributed by atoms with E-state index in [2.05, 4.69) is 29.6 Å². The molecule has 5 heteroatoms. The molecule has 0 heterocycles. The molecule has 0 spiro atoms. The van der Waals surface area contributed by atoms with Gasteiger partial charge >= 0.3 is 5.97 Å². The lowest BCUT2D eigenvalue weighted by molar-refractivity contribution is -0.137. The molecule has 0 aliphatic heterocycles. The first-order valence-corrected chi connectivity index (χ1v) is 10.4. The van der Waals surface area contributed by atoms with Crippen LogP contribution >= 0.6 is 23.2 Å². The molecular weight excluding hydrogens is 381 g/mol. The Morgan fingerprint density at radius 2 is 1.96 bits per heavy atom. The normalized spacial score (nSPS) is 26.3. The van der Waals surface area contributed by atoms with Crippen LogP contribution in [-0.2, 0) is 11.3 Å². The topological polar surface area (TPSA) is 49.3 Å². The summed E-state index contributed by atoms with van der Waals surface area (Å²) in [5.74, 6) is 1.62. The molecule has 2 aliphatic carbocycles. The number of nitrogens with one attached hydrogen (secondary N) is 1. The van der Waals surface area contributed by atoms with E-state index in [1.807, 2.05) is 19.1 Å². The molecular formula is C22H27Cl2NO2. The van der Waals surface area contributed by atoms with Gasteiger partial charge in [-0.15, -0.1) is 0 Å². The smallest absolute Gasteiger partial charge is 0.303 e. The van der Waals surface area contributed by atoms with E-state index >= 15 is 0 Å². The number of hydrogen-bond acceptors (Lipinski definition) is 2. The van der Waals surface area contributed by atoms with Crippen LogP contribution in [0.4, 0.5) is 0 Å². The van der Waals surface area contributed by atoms with Crippen molar-refractivity contribution >= 4 is 29.2 Å². The van der Waals surface area contributed by atoms with Crippen LogP contribution in [0.2, 0.25) is 10.0 Å². The average Bonchev–Trinajstić information content (AvgIpc) is 3.18. The molecule has 1 fully saturated rings. The van der Waals surface area contributed by atoms with Crippen molar-refractivity contribution < 1.29 is 9.90 Å². The van der Waals surface area contributed by atoms with Gasteiger partial charge in [-0.25, -0.2) is 0 Å². The van der Waals surface area contributed by atoms with Crippen LogP contribution < -0.4 is 5.32 Å². The Morgan fingerprint density at radius 3 is 2.67 bits per heavy atom. The second-order valence-corrected chi connectivity index (χ2v) is 8.56. The lowest BCUT2D eigenvalue weighted by atomic mass is 9.82. The Labute approximate surface area is 171 Å². The summed E-state index contributed by atoms with van der Waals surface area (Å²) in [5, 5.41) is 13.7. The highest BCUT2D eigenvalue weighted by Gasteiger charge is 2.42. The summed E-state index contributed by atoms with van der Waals surface area (Å²) in [5.41, 5.74) is 2.03. The number of unbranched alkanes of at least 4 members (excludes halogenated alkanes) is 1. The van der Waals surface area contributed by atoms with Crippen molar-refractivity contribution in [3.05, 3.63) is 57.6 Å². The van der Waals surface area contributed by atoms with Crippen molar-refractivity contribution in [2.45, 2.75) is 39.2 Å². The zero-order chi connectivity index (χ0) is 19.4. The Bertz CT molecular complexity index is 721. The fourth-order valence-electron chi connectivity index (χ4n) is 4.42. The quantitative estimate of drug-likeness (QED) is 0.411. The highest BCUT2D eigenvalue weighted by Crippen LogP contribution is 2.48. The Balaban J connectivity index is 1.54. The average molecular weight is 408 g/mol. The summed E-state index contributed by atoms with van der Waals surface area (Å²) in [6.45, 7) is 3.59.